The molecule has 1 rings (SSSR count). The first kappa shape index (κ1) is 25.8. The maximum Gasteiger partial charge on any atom is 0.191 e. The Morgan fingerprint density at radius 2 is 1.78 bits per heavy atom. The van der Waals surface area contributed by atoms with Gasteiger partial charge in [-0.3, -0.25) is 4.99 Å². The number of aliphatic imine (C=N–C) groups is 1. The number of unbranched alkanes of at least 4 members (excludes halogenated alkanes) is 1. The topological polar surface area (TPSA) is 64.1 Å². The Bertz CT molecular complexity index is 527. The Kier molecular flexibility index (Phi) is 16.2. The van der Waals surface area contributed by atoms with E-state index >= 15 is 0 Å². The lowest BCUT2D eigenvalue weighted by Crippen LogP contribution is -2.37. The molecule has 0 aliphatic heterocycles. The van der Waals surface area contributed by atoms with Crippen LogP contribution in [0.1, 0.15) is 45.1 Å². The minimum Gasteiger partial charge on any atom is -0.493 e. The molecule has 0 radical (unpaired) electrons. The van der Waals surface area contributed by atoms with Gasteiger partial charge in [-0.1, -0.05) is 26.3 Å². The van der Waals surface area contributed by atoms with Crippen molar-refractivity contribution >= 4 is 29.9 Å². The van der Waals surface area contributed by atoms with Gasteiger partial charge in [-0.2, -0.15) is 0 Å². The van der Waals surface area contributed by atoms with E-state index in [0.717, 1.165) is 62.0 Å². The molecular weight excluding hydrogens is 457 g/mol. The maximum absolute atomic E-state index is 5.69. The van der Waals surface area contributed by atoms with Crippen molar-refractivity contribution in [3.8, 4) is 11.5 Å². The molecule has 0 aromatic heterocycles. The Hall–Kier alpha value is -1.22. The lowest BCUT2D eigenvalue weighted by molar-refractivity contribution is 0.129. The number of methoxy groups -OCH3 is 1. The van der Waals surface area contributed by atoms with Crippen molar-refractivity contribution < 1.29 is 14.2 Å². The molecule has 156 valence electrons. The predicted octanol–water partition coefficient (Wildman–Crippen LogP) is 3.97. The van der Waals surface area contributed by atoms with Crippen LogP contribution < -0.4 is 20.1 Å². The van der Waals surface area contributed by atoms with Crippen LogP contribution >= 0.6 is 24.0 Å². The molecule has 0 fully saturated rings. The summed E-state index contributed by atoms with van der Waals surface area (Å²) in [5.41, 5.74) is 1.11. The molecular formula is C20H36IN3O3. The highest BCUT2D eigenvalue weighted by molar-refractivity contribution is 14.0. The van der Waals surface area contributed by atoms with E-state index < -0.39 is 0 Å². The average Bonchev–Trinajstić information content (AvgIpc) is 2.68. The SMILES string of the molecule is CCCCOCCCNC(=NC)NCc1ccc(OCCC)c(OC)c1.I. The third kappa shape index (κ3) is 11.3. The van der Waals surface area contributed by atoms with Crippen molar-refractivity contribution in [2.45, 2.75) is 46.1 Å². The summed E-state index contributed by atoms with van der Waals surface area (Å²) in [5.74, 6) is 2.32. The Morgan fingerprint density at radius 3 is 2.44 bits per heavy atom. The summed E-state index contributed by atoms with van der Waals surface area (Å²) in [6.07, 6.45) is 4.23. The molecule has 0 amide bonds. The second kappa shape index (κ2) is 16.9. The predicted molar refractivity (Wildman–Crippen MR) is 123 cm³/mol. The number of guanidine groups is 1. The molecule has 0 aliphatic carbocycles. The van der Waals surface area contributed by atoms with E-state index in [4.69, 9.17) is 14.2 Å². The van der Waals surface area contributed by atoms with Crippen LogP contribution in [0.15, 0.2) is 23.2 Å². The number of ether oxygens (including phenoxy) is 3. The monoisotopic (exact) mass is 493 g/mol. The first-order valence-electron chi connectivity index (χ1n) is 9.57. The molecule has 1 aromatic rings. The number of nitrogens with one attached hydrogen (secondary N) is 2. The molecule has 7 heteroatoms. The lowest BCUT2D eigenvalue weighted by atomic mass is 10.2. The van der Waals surface area contributed by atoms with Gasteiger partial charge in [0.05, 0.1) is 13.7 Å². The molecule has 0 saturated carbocycles. The fourth-order valence-corrected chi connectivity index (χ4v) is 2.29. The summed E-state index contributed by atoms with van der Waals surface area (Å²) in [6.45, 7) is 8.06. The van der Waals surface area contributed by atoms with Crippen LogP contribution in [0.2, 0.25) is 0 Å². The van der Waals surface area contributed by atoms with Gasteiger partial charge in [-0.15, -0.1) is 24.0 Å². The second-order valence-electron chi connectivity index (χ2n) is 6.01. The molecule has 0 unspecified atom stereocenters. The summed E-state index contributed by atoms with van der Waals surface area (Å²) < 4.78 is 16.7. The van der Waals surface area contributed by atoms with E-state index in [1.54, 1.807) is 14.2 Å². The Labute approximate surface area is 181 Å². The van der Waals surface area contributed by atoms with Crippen LogP contribution in [-0.2, 0) is 11.3 Å². The maximum atomic E-state index is 5.69. The standard InChI is InChI=1S/C20H35N3O3.HI/c1-5-7-13-25-14-8-11-22-20(21-3)23-16-17-9-10-18(26-12-6-2)19(15-17)24-4;/h9-10,15H,5-8,11-14,16H2,1-4H3,(H2,21,22,23);1H. The van der Waals surface area contributed by atoms with Crippen LogP contribution in [0.5, 0.6) is 11.5 Å². The first-order chi connectivity index (χ1) is 12.7. The van der Waals surface area contributed by atoms with Crippen LogP contribution in [0.4, 0.5) is 0 Å². The number of hydrogen-bond acceptors (Lipinski definition) is 4. The number of benzene rings is 1. The number of hydrogen-bond donors (Lipinski definition) is 2. The molecule has 0 aliphatic rings. The number of rotatable bonds is 13. The van der Waals surface area contributed by atoms with Gasteiger partial charge >= 0.3 is 0 Å². The van der Waals surface area contributed by atoms with Crippen LogP contribution in [-0.4, -0.2) is 46.5 Å². The van der Waals surface area contributed by atoms with Gasteiger partial charge in [0, 0.05) is 33.4 Å². The van der Waals surface area contributed by atoms with Crippen molar-refractivity contribution in [3.05, 3.63) is 23.8 Å². The molecule has 6 nitrogen and oxygen atoms in total. The molecule has 27 heavy (non-hydrogen) atoms. The normalized spacial score (nSPS) is 10.9. The highest BCUT2D eigenvalue weighted by Crippen LogP contribution is 2.28. The van der Waals surface area contributed by atoms with Crippen molar-refractivity contribution in [1.82, 2.24) is 10.6 Å². The van der Waals surface area contributed by atoms with Crippen molar-refractivity contribution in [1.29, 1.82) is 0 Å². The Morgan fingerprint density at radius 1 is 1.00 bits per heavy atom. The largest absolute Gasteiger partial charge is 0.493 e. The zero-order valence-electron chi connectivity index (χ0n) is 17.2. The van der Waals surface area contributed by atoms with Crippen LogP contribution in [0.25, 0.3) is 0 Å². The van der Waals surface area contributed by atoms with Crippen molar-refractivity contribution in [3.63, 3.8) is 0 Å². The second-order valence-corrected chi connectivity index (χ2v) is 6.01. The van der Waals surface area contributed by atoms with E-state index in [1.165, 1.54) is 6.42 Å². The molecule has 0 atom stereocenters. The fraction of sp³-hybridized carbons (Fsp3) is 0.650. The number of nitrogens with zero attached hydrogens (tertiary/aromatic N) is 1. The zero-order chi connectivity index (χ0) is 19.0. The first-order valence-corrected chi connectivity index (χ1v) is 9.57. The third-order valence-corrected chi connectivity index (χ3v) is 3.77. The highest BCUT2D eigenvalue weighted by Gasteiger charge is 2.06. The van der Waals surface area contributed by atoms with E-state index in [9.17, 15) is 0 Å². The van der Waals surface area contributed by atoms with Gasteiger partial charge in [0.1, 0.15) is 0 Å². The average molecular weight is 493 g/mol. The van der Waals surface area contributed by atoms with Gasteiger partial charge in [-0.05, 0) is 37.0 Å². The molecule has 0 saturated heterocycles. The molecule has 0 heterocycles. The quantitative estimate of drug-likeness (QED) is 0.189. The Balaban J connectivity index is 0.00000676. The summed E-state index contributed by atoms with van der Waals surface area (Å²) in [7, 11) is 3.43. The molecule has 0 spiro atoms. The van der Waals surface area contributed by atoms with Crippen LogP contribution in [0.3, 0.4) is 0 Å². The van der Waals surface area contributed by atoms with E-state index in [-0.39, 0.29) is 24.0 Å². The van der Waals surface area contributed by atoms with Crippen molar-refractivity contribution in [2.75, 3.05) is 40.5 Å². The molecule has 2 N–H and O–H groups in total. The van der Waals surface area contributed by atoms with Crippen LogP contribution in [0, 0.1) is 0 Å². The summed E-state index contributed by atoms with van der Waals surface area (Å²) in [4.78, 5) is 4.25. The van der Waals surface area contributed by atoms with Gasteiger partial charge in [0.25, 0.3) is 0 Å². The third-order valence-electron chi connectivity index (χ3n) is 3.77. The minimum atomic E-state index is 0. The van der Waals surface area contributed by atoms with Gasteiger partial charge in [0.15, 0.2) is 17.5 Å². The summed E-state index contributed by atoms with van der Waals surface area (Å²) >= 11 is 0. The fourth-order valence-electron chi connectivity index (χ4n) is 2.29. The molecule has 1 aromatic carbocycles. The van der Waals surface area contributed by atoms with Gasteiger partial charge in [0.2, 0.25) is 0 Å². The summed E-state index contributed by atoms with van der Waals surface area (Å²) in [5, 5.41) is 6.61. The smallest absolute Gasteiger partial charge is 0.191 e. The van der Waals surface area contributed by atoms with Gasteiger partial charge < -0.3 is 24.8 Å². The highest BCUT2D eigenvalue weighted by atomic mass is 127. The lowest BCUT2D eigenvalue weighted by Gasteiger charge is -2.14. The van der Waals surface area contributed by atoms with E-state index in [2.05, 4.69) is 29.5 Å². The zero-order valence-corrected chi connectivity index (χ0v) is 19.5. The van der Waals surface area contributed by atoms with E-state index in [1.807, 2.05) is 18.2 Å². The minimum absolute atomic E-state index is 0. The van der Waals surface area contributed by atoms with Gasteiger partial charge in [-0.25, -0.2) is 0 Å². The van der Waals surface area contributed by atoms with Crippen molar-refractivity contribution in [2.24, 2.45) is 4.99 Å². The number of halogens is 1. The summed E-state index contributed by atoms with van der Waals surface area (Å²) in [6, 6.07) is 5.98. The van der Waals surface area contributed by atoms with E-state index in [0.29, 0.717) is 13.2 Å². The molecule has 0 bridgehead atoms.